The SMILES string of the molecule is Oc1c(I)cc2oc3c(c2c1/C=N\n1cnnc1)CCCC3. The number of benzene rings is 1. The van der Waals surface area contributed by atoms with Crippen molar-refractivity contribution in [2.45, 2.75) is 25.7 Å². The first-order valence-electron chi connectivity index (χ1n) is 7.08. The number of aryl methyl sites for hydroxylation is 2. The van der Waals surface area contributed by atoms with E-state index in [-0.39, 0.29) is 5.75 Å². The molecule has 1 N–H and O–H groups in total. The van der Waals surface area contributed by atoms with Gasteiger partial charge in [0, 0.05) is 22.9 Å². The number of halogens is 1. The Balaban J connectivity index is 1.94. The summed E-state index contributed by atoms with van der Waals surface area (Å²) in [5, 5.41) is 23.1. The average molecular weight is 408 g/mol. The van der Waals surface area contributed by atoms with Crippen molar-refractivity contribution in [1.82, 2.24) is 14.9 Å². The van der Waals surface area contributed by atoms with Gasteiger partial charge in [-0.1, -0.05) is 0 Å². The second-order valence-electron chi connectivity index (χ2n) is 5.29. The van der Waals surface area contributed by atoms with Crippen LogP contribution in [0.5, 0.6) is 5.75 Å². The highest BCUT2D eigenvalue weighted by atomic mass is 127. The topological polar surface area (TPSA) is 76.4 Å². The third kappa shape index (κ3) is 2.20. The van der Waals surface area contributed by atoms with Gasteiger partial charge in [0.15, 0.2) is 0 Å². The number of nitrogens with zero attached hydrogens (tertiary/aromatic N) is 4. The Morgan fingerprint density at radius 3 is 2.86 bits per heavy atom. The molecular formula is C15H13IN4O2. The van der Waals surface area contributed by atoms with E-state index in [1.807, 2.05) is 6.07 Å². The van der Waals surface area contributed by atoms with Gasteiger partial charge in [-0.25, -0.2) is 4.68 Å². The van der Waals surface area contributed by atoms with Gasteiger partial charge in [-0.15, -0.1) is 10.2 Å². The number of phenols is 1. The summed E-state index contributed by atoms with van der Waals surface area (Å²) in [5.74, 6) is 1.28. The van der Waals surface area contributed by atoms with Crippen molar-refractivity contribution >= 4 is 39.8 Å². The Hall–Kier alpha value is -1.90. The smallest absolute Gasteiger partial charge is 0.141 e. The maximum Gasteiger partial charge on any atom is 0.141 e. The van der Waals surface area contributed by atoms with Gasteiger partial charge in [-0.2, -0.15) is 5.10 Å². The summed E-state index contributed by atoms with van der Waals surface area (Å²) in [5.41, 5.74) is 2.72. The molecule has 0 saturated carbocycles. The zero-order valence-electron chi connectivity index (χ0n) is 11.7. The lowest BCUT2D eigenvalue weighted by Crippen LogP contribution is -2.00. The minimum Gasteiger partial charge on any atom is -0.506 e. The number of furan rings is 1. The van der Waals surface area contributed by atoms with E-state index >= 15 is 0 Å². The van der Waals surface area contributed by atoms with E-state index in [4.69, 9.17) is 4.42 Å². The minimum absolute atomic E-state index is 0.235. The largest absolute Gasteiger partial charge is 0.506 e. The normalized spacial score (nSPS) is 14.8. The van der Waals surface area contributed by atoms with E-state index in [1.165, 1.54) is 22.9 Å². The van der Waals surface area contributed by atoms with Crippen molar-refractivity contribution in [1.29, 1.82) is 0 Å². The van der Waals surface area contributed by atoms with Crippen LogP contribution in [0.25, 0.3) is 11.0 Å². The van der Waals surface area contributed by atoms with E-state index < -0.39 is 0 Å². The Morgan fingerprint density at radius 1 is 1.27 bits per heavy atom. The summed E-state index contributed by atoms with van der Waals surface area (Å²) >= 11 is 2.11. The summed E-state index contributed by atoms with van der Waals surface area (Å²) in [6.45, 7) is 0. The van der Waals surface area contributed by atoms with Crippen molar-refractivity contribution in [3.63, 3.8) is 0 Å². The molecule has 0 radical (unpaired) electrons. The molecule has 0 saturated heterocycles. The molecule has 7 heteroatoms. The first-order valence-corrected chi connectivity index (χ1v) is 8.16. The fourth-order valence-corrected chi connectivity index (χ4v) is 3.49. The molecular weight excluding hydrogens is 395 g/mol. The van der Waals surface area contributed by atoms with Gasteiger partial charge >= 0.3 is 0 Å². The van der Waals surface area contributed by atoms with E-state index in [0.29, 0.717) is 5.56 Å². The highest BCUT2D eigenvalue weighted by molar-refractivity contribution is 14.1. The standard InChI is InChI=1S/C15H13IN4O2/c16-11-5-13-14(9-3-1-2-4-12(9)22-13)10(15(11)21)6-19-20-7-17-18-8-20/h5-8,21H,1-4H2/b19-6-. The number of rotatable bonds is 2. The monoisotopic (exact) mass is 408 g/mol. The summed E-state index contributed by atoms with van der Waals surface area (Å²) in [7, 11) is 0. The van der Waals surface area contributed by atoms with Crippen LogP contribution in [-0.4, -0.2) is 26.2 Å². The summed E-state index contributed by atoms with van der Waals surface area (Å²) in [6, 6.07) is 1.89. The van der Waals surface area contributed by atoms with Crippen molar-refractivity contribution in [3.8, 4) is 5.75 Å². The van der Waals surface area contributed by atoms with Crippen LogP contribution >= 0.6 is 22.6 Å². The first kappa shape index (κ1) is 13.7. The lowest BCUT2D eigenvalue weighted by molar-refractivity contribution is 0.470. The van der Waals surface area contributed by atoms with Gasteiger partial charge in [0.1, 0.15) is 29.7 Å². The Labute approximate surface area is 140 Å². The van der Waals surface area contributed by atoms with Crippen LogP contribution in [0.15, 0.2) is 28.2 Å². The van der Waals surface area contributed by atoms with Crippen molar-refractivity contribution in [2.75, 3.05) is 0 Å². The van der Waals surface area contributed by atoms with Crippen molar-refractivity contribution in [3.05, 3.63) is 39.2 Å². The number of hydrogen-bond acceptors (Lipinski definition) is 5. The molecule has 0 atom stereocenters. The molecule has 0 fully saturated rings. The number of fused-ring (bicyclic) bond motifs is 3. The Bertz CT molecular complexity index is 868. The van der Waals surface area contributed by atoms with Crippen LogP contribution in [0.2, 0.25) is 0 Å². The first-order chi connectivity index (χ1) is 10.7. The summed E-state index contributed by atoms with van der Waals surface area (Å²) in [4.78, 5) is 0. The van der Waals surface area contributed by atoms with Crippen LogP contribution in [0, 0.1) is 3.57 Å². The quantitative estimate of drug-likeness (QED) is 0.523. The fourth-order valence-electron chi connectivity index (χ4n) is 2.92. The van der Waals surface area contributed by atoms with Crippen LogP contribution in [0.4, 0.5) is 0 Å². The second kappa shape index (κ2) is 5.38. The van der Waals surface area contributed by atoms with Gasteiger partial charge in [-0.05, 0) is 47.9 Å². The number of aromatic nitrogens is 3. The third-order valence-corrected chi connectivity index (χ3v) is 4.76. The lowest BCUT2D eigenvalue weighted by atomic mass is 9.94. The molecule has 0 bridgehead atoms. The molecule has 4 rings (SSSR count). The predicted octanol–water partition coefficient (Wildman–Crippen LogP) is 3.10. The molecule has 0 aliphatic heterocycles. The van der Waals surface area contributed by atoms with Crippen LogP contribution in [0.1, 0.15) is 29.7 Å². The zero-order valence-corrected chi connectivity index (χ0v) is 13.8. The molecule has 1 aliphatic carbocycles. The molecule has 1 aromatic carbocycles. The van der Waals surface area contributed by atoms with Gasteiger partial charge < -0.3 is 9.52 Å². The molecule has 2 aromatic heterocycles. The fraction of sp³-hybridized carbons (Fsp3) is 0.267. The van der Waals surface area contributed by atoms with Gasteiger partial charge in [0.25, 0.3) is 0 Å². The van der Waals surface area contributed by atoms with Gasteiger partial charge in [0.2, 0.25) is 0 Å². The molecule has 1 aliphatic rings. The zero-order chi connectivity index (χ0) is 15.1. The number of phenolic OH excluding ortho intramolecular Hbond substituents is 1. The van der Waals surface area contributed by atoms with Gasteiger partial charge in [0.05, 0.1) is 9.78 Å². The molecule has 0 amide bonds. The maximum atomic E-state index is 10.5. The molecule has 3 aromatic rings. The highest BCUT2D eigenvalue weighted by Gasteiger charge is 2.22. The summed E-state index contributed by atoms with van der Waals surface area (Å²) < 4.78 is 8.24. The van der Waals surface area contributed by atoms with Crippen LogP contribution < -0.4 is 0 Å². The van der Waals surface area contributed by atoms with E-state index in [2.05, 4.69) is 37.9 Å². The Kier molecular flexibility index (Phi) is 3.36. The minimum atomic E-state index is 0.235. The number of hydrogen-bond donors (Lipinski definition) is 1. The average Bonchev–Trinajstić information content (AvgIpc) is 3.15. The maximum absolute atomic E-state index is 10.5. The van der Waals surface area contributed by atoms with E-state index in [9.17, 15) is 5.11 Å². The lowest BCUT2D eigenvalue weighted by Gasteiger charge is -2.10. The molecule has 6 nitrogen and oxygen atoms in total. The molecule has 0 unspecified atom stereocenters. The van der Waals surface area contributed by atoms with Crippen molar-refractivity contribution in [2.24, 2.45) is 5.10 Å². The highest BCUT2D eigenvalue weighted by Crippen LogP contribution is 2.39. The molecule has 0 spiro atoms. The third-order valence-electron chi connectivity index (χ3n) is 3.93. The Morgan fingerprint density at radius 2 is 2.05 bits per heavy atom. The van der Waals surface area contributed by atoms with Crippen LogP contribution in [0.3, 0.4) is 0 Å². The number of aromatic hydroxyl groups is 1. The molecule has 112 valence electrons. The van der Waals surface area contributed by atoms with E-state index in [0.717, 1.165) is 46.0 Å². The molecule has 2 heterocycles. The second-order valence-corrected chi connectivity index (χ2v) is 6.45. The van der Waals surface area contributed by atoms with Crippen molar-refractivity contribution < 1.29 is 9.52 Å². The molecule has 22 heavy (non-hydrogen) atoms. The van der Waals surface area contributed by atoms with E-state index in [1.54, 1.807) is 6.21 Å². The predicted molar refractivity (Wildman–Crippen MR) is 90.3 cm³/mol. The van der Waals surface area contributed by atoms with Crippen LogP contribution in [-0.2, 0) is 12.8 Å². The van der Waals surface area contributed by atoms with Gasteiger partial charge in [-0.3, -0.25) is 0 Å². The summed E-state index contributed by atoms with van der Waals surface area (Å²) in [6.07, 6.45) is 8.90.